The molecular formula is C28H24N4O4. The average molecular weight is 481 g/mol. The van der Waals surface area contributed by atoms with Crippen LogP contribution in [0.1, 0.15) is 21.5 Å². The number of rotatable bonds is 6. The van der Waals surface area contributed by atoms with Crippen molar-refractivity contribution >= 4 is 39.5 Å². The summed E-state index contributed by atoms with van der Waals surface area (Å²) in [7, 11) is 1.31. The molecular weight excluding hydrogens is 456 g/mol. The second-order valence-electron chi connectivity index (χ2n) is 8.58. The van der Waals surface area contributed by atoms with Crippen LogP contribution >= 0.6 is 0 Å². The first-order chi connectivity index (χ1) is 17.4. The molecule has 36 heavy (non-hydrogen) atoms. The van der Waals surface area contributed by atoms with Crippen LogP contribution in [0.15, 0.2) is 83.9 Å². The number of aryl methyl sites for hydroxylation is 1. The van der Waals surface area contributed by atoms with E-state index in [0.717, 1.165) is 22.0 Å². The molecule has 8 nitrogen and oxygen atoms in total. The van der Waals surface area contributed by atoms with Crippen LogP contribution in [-0.4, -0.2) is 33.1 Å². The zero-order valence-corrected chi connectivity index (χ0v) is 19.9. The van der Waals surface area contributed by atoms with Gasteiger partial charge in [0.25, 0.3) is 5.56 Å². The van der Waals surface area contributed by atoms with Crippen molar-refractivity contribution in [2.75, 3.05) is 12.4 Å². The number of ether oxygens (including phenoxy) is 1. The van der Waals surface area contributed by atoms with Gasteiger partial charge in [0.2, 0.25) is 5.91 Å². The number of carbonyl (C=O) groups is 2. The fraction of sp³-hybridized carbons (Fsp3) is 0.143. The summed E-state index contributed by atoms with van der Waals surface area (Å²) in [6, 6.07) is 21.9. The number of fused-ring (bicyclic) bond motifs is 3. The molecule has 0 bridgehead atoms. The molecule has 0 aliphatic carbocycles. The smallest absolute Gasteiger partial charge is 0.337 e. The van der Waals surface area contributed by atoms with E-state index in [0.29, 0.717) is 28.8 Å². The average Bonchev–Trinajstić information content (AvgIpc) is 3.19. The largest absolute Gasteiger partial charge is 0.465 e. The van der Waals surface area contributed by atoms with Gasteiger partial charge in [-0.25, -0.2) is 9.78 Å². The Bertz CT molecular complexity index is 1650. The minimum atomic E-state index is -0.451. The Morgan fingerprint density at radius 3 is 2.47 bits per heavy atom. The summed E-state index contributed by atoms with van der Waals surface area (Å²) in [4.78, 5) is 42.9. The Morgan fingerprint density at radius 1 is 1.00 bits per heavy atom. The molecule has 180 valence electrons. The summed E-state index contributed by atoms with van der Waals surface area (Å²) in [5, 5.41) is 3.66. The molecule has 2 aromatic heterocycles. The third-order valence-corrected chi connectivity index (χ3v) is 6.07. The van der Waals surface area contributed by atoms with E-state index in [2.05, 4.69) is 10.3 Å². The SMILES string of the molecule is COC(=O)c1ccc(NC(=O)Cn2c3ccc(C)cc3c3ncn(Cc4ccccc4)c(=O)c32)cc1. The molecule has 0 fully saturated rings. The molecule has 0 radical (unpaired) electrons. The van der Waals surface area contributed by atoms with E-state index in [1.165, 1.54) is 7.11 Å². The van der Waals surface area contributed by atoms with Crippen LogP contribution in [0.2, 0.25) is 0 Å². The van der Waals surface area contributed by atoms with Crippen molar-refractivity contribution in [2.24, 2.45) is 0 Å². The molecule has 0 saturated heterocycles. The van der Waals surface area contributed by atoms with E-state index in [4.69, 9.17) is 4.74 Å². The first-order valence-corrected chi connectivity index (χ1v) is 11.4. The number of nitrogens with one attached hydrogen (secondary N) is 1. The lowest BCUT2D eigenvalue weighted by Crippen LogP contribution is -2.25. The topological polar surface area (TPSA) is 95.2 Å². The Morgan fingerprint density at radius 2 is 1.75 bits per heavy atom. The molecule has 5 aromatic rings. The lowest BCUT2D eigenvalue weighted by atomic mass is 10.1. The molecule has 0 spiro atoms. The number of nitrogens with zero attached hydrogens (tertiary/aromatic N) is 3. The molecule has 8 heteroatoms. The highest BCUT2D eigenvalue weighted by Gasteiger charge is 2.19. The number of hydrogen-bond acceptors (Lipinski definition) is 5. The van der Waals surface area contributed by atoms with Gasteiger partial charge in [0.05, 0.1) is 31.1 Å². The standard InChI is InChI=1S/C28H24N4O4/c1-18-8-13-23-22(14-18)25-26(27(34)31(17-29-25)15-19-6-4-3-5-7-19)32(23)16-24(33)30-21-11-9-20(10-12-21)28(35)36-2/h3-14,17H,15-16H2,1-2H3,(H,30,33). The fourth-order valence-electron chi connectivity index (χ4n) is 4.32. The van der Waals surface area contributed by atoms with Gasteiger partial charge in [0, 0.05) is 11.1 Å². The number of benzene rings is 3. The van der Waals surface area contributed by atoms with Crippen molar-refractivity contribution in [2.45, 2.75) is 20.0 Å². The van der Waals surface area contributed by atoms with Crippen molar-refractivity contribution in [3.05, 3.63) is 106 Å². The van der Waals surface area contributed by atoms with Crippen LogP contribution in [0.5, 0.6) is 0 Å². The number of aromatic nitrogens is 3. The molecule has 0 aliphatic heterocycles. The fourth-order valence-corrected chi connectivity index (χ4v) is 4.32. The van der Waals surface area contributed by atoms with Crippen LogP contribution in [0.4, 0.5) is 5.69 Å². The van der Waals surface area contributed by atoms with E-state index in [1.807, 2.05) is 55.5 Å². The lowest BCUT2D eigenvalue weighted by Gasteiger charge is -2.10. The number of esters is 1. The minimum absolute atomic E-state index is 0.0753. The van der Waals surface area contributed by atoms with Crippen molar-refractivity contribution < 1.29 is 14.3 Å². The van der Waals surface area contributed by atoms with Crippen LogP contribution in [0, 0.1) is 6.92 Å². The van der Waals surface area contributed by atoms with Gasteiger partial charge in [-0.1, -0.05) is 42.0 Å². The Kier molecular flexibility index (Phi) is 6.08. The second-order valence-corrected chi connectivity index (χ2v) is 8.58. The predicted octanol–water partition coefficient (Wildman–Crippen LogP) is 4.13. The molecule has 3 aromatic carbocycles. The molecule has 1 amide bonds. The summed E-state index contributed by atoms with van der Waals surface area (Å²) in [6.07, 6.45) is 1.56. The second kappa shape index (κ2) is 9.50. The van der Waals surface area contributed by atoms with Gasteiger partial charge in [-0.2, -0.15) is 0 Å². The van der Waals surface area contributed by atoms with Crippen molar-refractivity contribution in [3.63, 3.8) is 0 Å². The maximum atomic E-state index is 13.6. The van der Waals surface area contributed by atoms with Crippen molar-refractivity contribution in [1.29, 1.82) is 0 Å². The van der Waals surface area contributed by atoms with E-state index < -0.39 is 5.97 Å². The van der Waals surface area contributed by atoms with Gasteiger partial charge in [-0.05, 0) is 48.9 Å². The number of carbonyl (C=O) groups excluding carboxylic acids is 2. The number of amides is 1. The van der Waals surface area contributed by atoms with E-state index in [9.17, 15) is 14.4 Å². The van der Waals surface area contributed by atoms with Gasteiger partial charge in [0.15, 0.2) is 0 Å². The van der Waals surface area contributed by atoms with Gasteiger partial charge < -0.3 is 14.6 Å². The number of anilines is 1. The zero-order valence-electron chi connectivity index (χ0n) is 19.9. The first kappa shape index (κ1) is 23.0. The molecule has 0 aliphatic rings. The highest BCUT2D eigenvalue weighted by atomic mass is 16.5. The summed E-state index contributed by atoms with van der Waals surface area (Å²) in [5.41, 5.74) is 4.42. The van der Waals surface area contributed by atoms with Crippen molar-refractivity contribution in [1.82, 2.24) is 14.1 Å². The zero-order chi connectivity index (χ0) is 25.2. The monoisotopic (exact) mass is 480 g/mol. The van der Waals surface area contributed by atoms with Gasteiger partial charge in [-0.15, -0.1) is 0 Å². The summed E-state index contributed by atoms with van der Waals surface area (Å²) in [5.74, 6) is -0.759. The lowest BCUT2D eigenvalue weighted by molar-refractivity contribution is -0.116. The van der Waals surface area contributed by atoms with Crippen molar-refractivity contribution in [3.8, 4) is 0 Å². The predicted molar refractivity (Wildman–Crippen MR) is 138 cm³/mol. The Balaban J connectivity index is 1.53. The minimum Gasteiger partial charge on any atom is -0.465 e. The summed E-state index contributed by atoms with van der Waals surface area (Å²) >= 11 is 0. The van der Waals surface area contributed by atoms with Gasteiger partial charge in [0.1, 0.15) is 17.6 Å². The molecule has 2 heterocycles. The molecule has 1 N–H and O–H groups in total. The Hall–Kier alpha value is -4.72. The molecule has 0 unspecified atom stereocenters. The maximum absolute atomic E-state index is 13.6. The van der Waals surface area contributed by atoms with E-state index >= 15 is 0 Å². The van der Waals surface area contributed by atoms with E-state index in [1.54, 1.807) is 39.7 Å². The number of methoxy groups -OCH3 is 1. The first-order valence-electron chi connectivity index (χ1n) is 11.4. The van der Waals surface area contributed by atoms with Crippen LogP contribution in [0.25, 0.3) is 21.9 Å². The molecule has 5 rings (SSSR count). The summed E-state index contributed by atoms with van der Waals surface area (Å²) < 4.78 is 7.99. The third kappa shape index (κ3) is 4.36. The van der Waals surface area contributed by atoms with Crippen LogP contribution in [-0.2, 0) is 22.6 Å². The molecule has 0 saturated carbocycles. The van der Waals surface area contributed by atoms with Gasteiger partial charge >= 0.3 is 5.97 Å². The quantitative estimate of drug-likeness (QED) is 0.369. The normalized spacial score (nSPS) is 11.1. The van der Waals surface area contributed by atoms with Crippen LogP contribution < -0.4 is 10.9 Å². The van der Waals surface area contributed by atoms with E-state index in [-0.39, 0.29) is 18.0 Å². The highest BCUT2D eigenvalue weighted by molar-refractivity contribution is 6.06. The summed E-state index contributed by atoms with van der Waals surface area (Å²) in [6.45, 7) is 2.28. The third-order valence-electron chi connectivity index (χ3n) is 6.07. The maximum Gasteiger partial charge on any atom is 0.337 e. The Labute approximate surface area is 206 Å². The van der Waals surface area contributed by atoms with Gasteiger partial charge in [-0.3, -0.25) is 14.2 Å². The highest BCUT2D eigenvalue weighted by Crippen LogP contribution is 2.26. The molecule has 0 atom stereocenters. The number of hydrogen-bond donors (Lipinski definition) is 1. The van der Waals surface area contributed by atoms with Crippen LogP contribution in [0.3, 0.4) is 0 Å².